The molecule has 6 heteroatoms. The van der Waals surface area contributed by atoms with E-state index in [0.717, 1.165) is 28.3 Å². The minimum absolute atomic E-state index is 0.0673. The van der Waals surface area contributed by atoms with E-state index in [0.29, 0.717) is 11.6 Å². The Bertz CT molecular complexity index is 1170. The van der Waals surface area contributed by atoms with Crippen LogP contribution in [0, 0.1) is 13.8 Å². The molecule has 0 aliphatic carbocycles. The molecule has 0 aliphatic heterocycles. The molecule has 1 heterocycles. The minimum Gasteiger partial charge on any atom is -0.325 e. The van der Waals surface area contributed by atoms with E-state index in [1.807, 2.05) is 54.0 Å². The summed E-state index contributed by atoms with van der Waals surface area (Å²) >= 11 is 1.39. The zero-order valence-corrected chi connectivity index (χ0v) is 18.4. The van der Waals surface area contributed by atoms with Gasteiger partial charge in [-0.1, -0.05) is 78.0 Å². The van der Waals surface area contributed by atoms with Crippen molar-refractivity contribution >= 4 is 23.4 Å². The lowest BCUT2D eigenvalue weighted by molar-refractivity contribution is -0.113. The average molecular weight is 429 g/mol. The predicted octanol–water partition coefficient (Wildman–Crippen LogP) is 5.21. The van der Waals surface area contributed by atoms with Gasteiger partial charge in [-0.15, -0.1) is 10.2 Å². The molecule has 0 radical (unpaired) electrons. The number of amides is 1. The smallest absolute Gasteiger partial charge is 0.234 e. The quantitative estimate of drug-likeness (QED) is 0.411. The molecule has 0 bridgehead atoms. The summed E-state index contributed by atoms with van der Waals surface area (Å²) in [5.74, 6) is 1.03. The van der Waals surface area contributed by atoms with Crippen LogP contribution in [-0.4, -0.2) is 26.4 Å². The number of benzene rings is 3. The third kappa shape index (κ3) is 5.22. The molecule has 1 aromatic heterocycles. The van der Waals surface area contributed by atoms with Gasteiger partial charge in [0.1, 0.15) is 5.82 Å². The number of hydrogen-bond acceptors (Lipinski definition) is 4. The zero-order chi connectivity index (χ0) is 21.6. The second-order valence-electron chi connectivity index (χ2n) is 7.38. The Morgan fingerprint density at radius 2 is 1.61 bits per heavy atom. The Morgan fingerprint density at radius 1 is 0.903 bits per heavy atom. The first-order valence-electron chi connectivity index (χ1n) is 10.1. The third-order valence-corrected chi connectivity index (χ3v) is 5.88. The number of anilines is 1. The van der Waals surface area contributed by atoms with Crippen LogP contribution < -0.4 is 5.32 Å². The standard InChI is InChI=1S/C25H24N4OS/c1-18-12-14-21(15-13-18)29-23(16-20-9-4-3-5-10-20)27-28-25(29)31-17-24(30)26-22-11-7-6-8-19(22)2/h3-15H,16-17H2,1-2H3,(H,26,30). The van der Waals surface area contributed by atoms with E-state index < -0.39 is 0 Å². The van der Waals surface area contributed by atoms with E-state index in [4.69, 9.17) is 0 Å². The fourth-order valence-corrected chi connectivity index (χ4v) is 4.04. The summed E-state index contributed by atoms with van der Waals surface area (Å²) in [5.41, 5.74) is 5.21. The summed E-state index contributed by atoms with van der Waals surface area (Å²) in [7, 11) is 0. The molecule has 1 amide bonds. The first-order valence-corrected chi connectivity index (χ1v) is 11.1. The molecule has 0 fully saturated rings. The Morgan fingerprint density at radius 3 is 2.35 bits per heavy atom. The summed E-state index contributed by atoms with van der Waals surface area (Å²) in [5, 5.41) is 12.5. The highest BCUT2D eigenvalue weighted by Gasteiger charge is 2.16. The van der Waals surface area contributed by atoms with Crippen molar-refractivity contribution in [1.82, 2.24) is 14.8 Å². The summed E-state index contributed by atoms with van der Waals surface area (Å²) in [6, 6.07) is 26.2. The fourth-order valence-electron chi connectivity index (χ4n) is 3.27. The number of rotatable bonds is 7. The van der Waals surface area contributed by atoms with Crippen molar-refractivity contribution in [3.63, 3.8) is 0 Å². The predicted molar refractivity (Wildman–Crippen MR) is 126 cm³/mol. The van der Waals surface area contributed by atoms with Crippen molar-refractivity contribution in [2.75, 3.05) is 11.1 Å². The van der Waals surface area contributed by atoms with Crippen LogP contribution in [-0.2, 0) is 11.2 Å². The molecule has 0 atom stereocenters. The topological polar surface area (TPSA) is 59.8 Å². The number of nitrogens with zero attached hydrogens (tertiary/aromatic N) is 3. The first-order chi connectivity index (χ1) is 15.1. The lowest BCUT2D eigenvalue weighted by Crippen LogP contribution is -2.15. The highest BCUT2D eigenvalue weighted by Crippen LogP contribution is 2.24. The van der Waals surface area contributed by atoms with Gasteiger partial charge in [0.05, 0.1) is 5.75 Å². The number of hydrogen-bond donors (Lipinski definition) is 1. The number of carbonyl (C=O) groups is 1. The third-order valence-electron chi connectivity index (χ3n) is 4.95. The van der Waals surface area contributed by atoms with Crippen LogP contribution in [0.1, 0.15) is 22.5 Å². The Balaban J connectivity index is 1.56. The number of para-hydroxylation sites is 1. The van der Waals surface area contributed by atoms with Gasteiger partial charge in [0.15, 0.2) is 5.16 Å². The maximum Gasteiger partial charge on any atom is 0.234 e. The molecule has 156 valence electrons. The van der Waals surface area contributed by atoms with Crippen molar-refractivity contribution in [3.8, 4) is 5.69 Å². The van der Waals surface area contributed by atoms with E-state index in [9.17, 15) is 4.79 Å². The Hall–Kier alpha value is -3.38. The van der Waals surface area contributed by atoms with Gasteiger partial charge < -0.3 is 5.32 Å². The molecule has 5 nitrogen and oxygen atoms in total. The largest absolute Gasteiger partial charge is 0.325 e. The summed E-state index contributed by atoms with van der Waals surface area (Å²) < 4.78 is 2.04. The van der Waals surface area contributed by atoms with Crippen LogP contribution in [0.3, 0.4) is 0 Å². The second-order valence-corrected chi connectivity index (χ2v) is 8.33. The number of thioether (sulfide) groups is 1. The lowest BCUT2D eigenvalue weighted by atomic mass is 10.1. The average Bonchev–Trinajstić information content (AvgIpc) is 3.17. The second kappa shape index (κ2) is 9.62. The van der Waals surface area contributed by atoms with Crippen molar-refractivity contribution in [2.45, 2.75) is 25.4 Å². The molecule has 0 aliphatic rings. The minimum atomic E-state index is -0.0673. The van der Waals surface area contributed by atoms with Gasteiger partial charge in [0.2, 0.25) is 5.91 Å². The molecule has 0 saturated heterocycles. The molecular weight excluding hydrogens is 404 g/mol. The Kier molecular flexibility index (Phi) is 6.48. The van der Waals surface area contributed by atoms with Crippen LogP contribution in [0.2, 0.25) is 0 Å². The van der Waals surface area contributed by atoms with E-state index in [2.05, 4.69) is 58.8 Å². The number of aryl methyl sites for hydroxylation is 2. The normalized spacial score (nSPS) is 10.8. The van der Waals surface area contributed by atoms with Gasteiger partial charge in [0, 0.05) is 17.8 Å². The number of aromatic nitrogens is 3. The highest BCUT2D eigenvalue weighted by atomic mass is 32.2. The van der Waals surface area contributed by atoms with Gasteiger partial charge in [-0.2, -0.15) is 0 Å². The van der Waals surface area contributed by atoms with Crippen LogP contribution >= 0.6 is 11.8 Å². The molecule has 3 aromatic carbocycles. The van der Waals surface area contributed by atoms with Crippen molar-refractivity contribution in [3.05, 3.63) is 101 Å². The SMILES string of the molecule is Cc1ccc(-n2c(Cc3ccccc3)nnc2SCC(=O)Nc2ccccc2C)cc1. The molecule has 0 unspecified atom stereocenters. The van der Waals surface area contributed by atoms with Crippen LogP contribution in [0.25, 0.3) is 5.69 Å². The summed E-state index contributed by atoms with van der Waals surface area (Å²) in [4.78, 5) is 12.5. The van der Waals surface area contributed by atoms with Crippen LogP contribution in [0.5, 0.6) is 0 Å². The lowest BCUT2D eigenvalue weighted by Gasteiger charge is -2.11. The summed E-state index contributed by atoms with van der Waals surface area (Å²) in [6.45, 7) is 4.04. The van der Waals surface area contributed by atoms with Gasteiger partial charge in [0.25, 0.3) is 0 Å². The first kappa shape index (κ1) is 20.9. The fraction of sp³-hybridized carbons (Fsp3) is 0.160. The maximum absolute atomic E-state index is 12.5. The van der Waals surface area contributed by atoms with E-state index in [1.165, 1.54) is 17.3 Å². The molecule has 0 spiro atoms. The van der Waals surface area contributed by atoms with Crippen molar-refractivity contribution in [2.24, 2.45) is 0 Å². The monoisotopic (exact) mass is 428 g/mol. The van der Waals surface area contributed by atoms with Gasteiger partial charge in [-0.25, -0.2) is 0 Å². The van der Waals surface area contributed by atoms with E-state index >= 15 is 0 Å². The van der Waals surface area contributed by atoms with Crippen molar-refractivity contribution < 1.29 is 4.79 Å². The van der Waals surface area contributed by atoms with Crippen molar-refractivity contribution in [1.29, 1.82) is 0 Å². The van der Waals surface area contributed by atoms with Gasteiger partial charge in [-0.3, -0.25) is 9.36 Å². The molecule has 0 saturated carbocycles. The molecule has 31 heavy (non-hydrogen) atoms. The molecule has 1 N–H and O–H groups in total. The maximum atomic E-state index is 12.5. The number of carbonyl (C=O) groups excluding carboxylic acids is 1. The summed E-state index contributed by atoms with van der Waals surface area (Å²) in [6.07, 6.45) is 0.664. The molecule has 4 rings (SSSR count). The number of nitrogens with one attached hydrogen (secondary N) is 1. The molecule has 4 aromatic rings. The van der Waals surface area contributed by atoms with Crippen LogP contribution in [0.15, 0.2) is 84.0 Å². The molecular formula is C25H24N4OS. The Labute approximate surface area is 186 Å². The van der Waals surface area contributed by atoms with Gasteiger partial charge in [-0.05, 0) is 43.2 Å². The van der Waals surface area contributed by atoms with E-state index in [-0.39, 0.29) is 11.7 Å². The van der Waals surface area contributed by atoms with E-state index in [1.54, 1.807) is 0 Å². The zero-order valence-electron chi connectivity index (χ0n) is 17.6. The van der Waals surface area contributed by atoms with Crippen LogP contribution in [0.4, 0.5) is 5.69 Å². The highest BCUT2D eigenvalue weighted by molar-refractivity contribution is 7.99. The van der Waals surface area contributed by atoms with Gasteiger partial charge >= 0.3 is 0 Å².